The van der Waals surface area contributed by atoms with E-state index in [0.717, 1.165) is 29.4 Å². The normalized spacial score (nSPS) is 20.6. The maximum absolute atomic E-state index is 11.9. The van der Waals surface area contributed by atoms with Gasteiger partial charge < -0.3 is 10.6 Å². The topological polar surface area (TPSA) is 73.5 Å². The number of benzene rings is 1. The van der Waals surface area contributed by atoms with Gasteiger partial charge in [-0.1, -0.05) is 25.7 Å². The lowest BCUT2D eigenvalue weighted by Gasteiger charge is -2.54. The largest absolute Gasteiger partial charge is 0.385 e. The number of rotatable bonds is 11. The number of urea groups is 1. The van der Waals surface area contributed by atoms with Gasteiger partial charge in [-0.15, -0.1) is 0 Å². The van der Waals surface area contributed by atoms with Gasteiger partial charge in [0.25, 0.3) is 0 Å². The molecular formula is C24H36N4O2. The zero-order valence-corrected chi connectivity index (χ0v) is 18.0. The minimum atomic E-state index is -0.336. The molecule has 3 N–H and O–H groups in total. The maximum Gasteiger partial charge on any atom is 0.328 e. The average molecular weight is 413 g/mol. The summed E-state index contributed by atoms with van der Waals surface area (Å²) in [6.07, 6.45) is 14.0. The maximum atomic E-state index is 11.9. The lowest BCUT2D eigenvalue weighted by Crippen LogP contribution is -2.52. The second-order valence-electron chi connectivity index (χ2n) is 9.41. The first-order valence-corrected chi connectivity index (χ1v) is 11.8. The Hall–Kier alpha value is -2.08. The molecule has 2 aliphatic carbocycles. The first-order valence-electron chi connectivity index (χ1n) is 11.8. The Bertz CT molecular complexity index is 721. The van der Waals surface area contributed by atoms with Crippen molar-refractivity contribution >= 4 is 23.3 Å². The molecule has 0 radical (unpaired) electrons. The van der Waals surface area contributed by atoms with Crippen molar-refractivity contribution in [2.24, 2.45) is 5.41 Å². The van der Waals surface area contributed by atoms with Crippen molar-refractivity contribution < 1.29 is 9.59 Å². The van der Waals surface area contributed by atoms with E-state index in [1.807, 2.05) is 24.3 Å². The summed E-state index contributed by atoms with van der Waals surface area (Å²) in [5, 5.41) is 9.56. The van der Waals surface area contributed by atoms with E-state index in [0.29, 0.717) is 13.0 Å². The molecule has 0 aromatic heterocycles. The Morgan fingerprint density at radius 2 is 1.67 bits per heavy atom. The molecule has 3 aliphatic rings. The van der Waals surface area contributed by atoms with Crippen LogP contribution in [0.15, 0.2) is 24.3 Å². The standard InChI is InChI=1S/C24H36N4O2/c29-22-11-16-28(23(30)27-22)21-9-7-19(8-10-21)25-14-4-2-1-3-5-15-26-20-17-24(18-20)12-6-13-24/h7-10,20,25-26H,1-6,11-18H2,(H,27,29,30). The van der Waals surface area contributed by atoms with Crippen LogP contribution in [-0.4, -0.2) is 37.6 Å². The zero-order chi connectivity index (χ0) is 20.8. The third-order valence-electron chi connectivity index (χ3n) is 7.12. The number of carbonyl (C=O) groups is 2. The van der Waals surface area contributed by atoms with Crippen molar-refractivity contribution in [3.05, 3.63) is 24.3 Å². The smallest absolute Gasteiger partial charge is 0.328 e. The summed E-state index contributed by atoms with van der Waals surface area (Å²) in [7, 11) is 0. The SMILES string of the molecule is O=C1CCN(c2ccc(NCCCCCCCNC3CC4(CCC4)C3)cc2)C(=O)N1. The first-order chi connectivity index (χ1) is 14.6. The minimum absolute atomic E-state index is 0.203. The molecule has 3 fully saturated rings. The number of hydrogen-bond donors (Lipinski definition) is 3. The van der Waals surface area contributed by atoms with Gasteiger partial charge in [-0.05, 0) is 74.8 Å². The van der Waals surface area contributed by atoms with Gasteiger partial charge in [-0.2, -0.15) is 0 Å². The number of hydrogen-bond acceptors (Lipinski definition) is 4. The molecule has 3 amide bonds. The molecule has 2 saturated carbocycles. The predicted octanol–water partition coefficient (Wildman–Crippen LogP) is 4.42. The summed E-state index contributed by atoms with van der Waals surface area (Å²) >= 11 is 0. The molecular weight excluding hydrogens is 376 g/mol. The molecule has 6 nitrogen and oxygen atoms in total. The molecule has 6 heteroatoms. The van der Waals surface area contributed by atoms with E-state index in [1.165, 1.54) is 70.8 Å². The third-order valence-corrected chi connectivity index (χ3v) is 7.12. The fourth-order valence-electron chi connectivity index (χ4n) is 5.10. The number of imide groups is 1. The number of unbranched alkanes of at least 4 members (excludes halogenated alkanes) is 4. The highest BCUT2D eigenvalue weighted by atomic mass is 16.2. The highest BCUT2D eigenvalue weighted by Crippen LogP contribution is 2.55. The number of nitrogens with zero attached hydrogens (tertiary/aromatic N) is 1. The molecule has 4 rings (SSSR count). The number of nitrogens with one attached hydrogen (secondary N) is 3. The highest BCUT2D eigenvalue weighted by Gasteiger charge is 2.47. The van der Waals surface area contributed by atoms with Crippen molar-refractivity contribution in [1.82, 2.24) is 10.6 Å². The van der Waals surface area contributed by atoms with Crippen LogP contribution in [0.1, 0.15) is 70.6 Å². The first kappa shape index (κ1) is 21.2. The quantitative estimate of drug-likeness (QED) is 0.471. The van der Waals surface area contributed by atoms with Gasteiger partial charge in [0.15, 0.2) is 0 Å². The van der Waals surface area contributed by atoms with Gasteiger partial charge in [0.05, 0.1) is 0 Å². The molecule has 1 aliphatic heterocycles. The van der Waals surface area contributed by atoms with Crippen LogP contribution in [0.5, 0.6) is 0 Å². The van der Waals surface area contributed by atoms with E-state index in [1.54, 1.807) is 4.90 Å². The summed E-state index contributed by atoms with van der Waals surface area (Å²) in [6, 6.07) is 8.33. The van der Waals surface area contributed by atoms with Gasteiger partial charge in [-0.3, -0.25) is 15.0 Å². The van der Waals surface area contributed by atoms with Crippen LogP contribution in [0.4, 0.5) is 16.2 Å². The average Bonchev–Trinajstić information content (AvgIpc) is 2.67. The molecule has 0 atom stereocenters. The van der Waals surface area contributed by atoms with E-state index in [-0.39, 0.29) is 11.9 Å². The molecule has 30 heavy (non-hydrogen) atoms. The predicted molar refractivity (Wildman–Crippen MR) is 121 cm³/mol. The molecule has 1 aromatic carbocycles. The van der Waals surface area contributed by atoms with E-state index < -0.39 is 0 Å². The Morgan fingerprint density at radius 3 is 2.33 bits per heavy atom. The Morgan fingerprint density at radius 1 is 0.967 bits per heavy atom. The Kier molecular flexibility index (Phi) is 6.93. The summed E-state index contributed by atoms with van der Waals surface area (Å²) in [6.45, 7) is 2.60. The fraction of sp³-hybridized carbons (Fsp3) is 0.667. The lowest BCUT2D eigenvalue weighted by atomic mass is 9.54. The number of anilines is 2. The Labute approximate surface area is 180 Å². The van der Waals surface area contributed by atoms with E-state index in [4.69, 9.17) is 0 Å². The fourth-order valence-corrected chi connectivity index (χ4v) is 5.10. The molecule has 0 bridgehead atoms. The summed E-state index contributed by atoms with van der Waals surface area (Å²) in [5.74, 6) is -0.203. The second kappa shape index (κ2) is 9.82. The van der Waals surface area contributed by atoms with Crippen LogP contribution in [0.25, 0.3) is 0 Å². The van der Waals surface area contributed by atoms with Crippen molar-refractivity contribution in [2.75, 3.05) is 29.9 Å². The zero-order valence-electron chi connectivity index (χ0n) is 18.0. The third kappa shape index (κ3) is 5.34. The van der Waals surface area contributed by atoms with Gasteiger partial charge >= 0.3 is 6.03 Å². The van der Waals surface area contributed by atoms with Gasteiger partial charge in [0.2, 0.25) is 5.91 Å². The molecule has 1 saturated heterocycles. The number of carbonyl (C=O) groups excluding carboxylic acids is 2. The van der Waals surface area contributed by atoms with Crippen LogP contribution >= 0.6 is 0 Å². The summed E-state index contributed by atoms with van der Waals surface area (Å²) < 4.78 is 0. The highest BCUT2D eigenvalue weighted by molar-refractivity contribution is 6.05. The van der Waals surface area contributed by atoms with Crippen LogP contribution in [0.3, 0.4) is 0 Å². The van der Waals surface area contributed by atoms with Crippen LogP contribution in [0, 0.1) is 5.41 Å². The van der Waals surface area contributed by atoms with Gasteiger partial charge in [0, 0.05) is 36.9 Å². The van der Waals surface area contributed by atoms with Crippen molar-refractivity contribution in [3.8, 4) is 0 Å². The van der Waals surface area contributed by atoms with Crippen LogP contribution in [0.2, 0.25) is 0 Å². The van der Waals surface area contributed by atoms with Crippen LogP contribution < -0.4 is 20.9 Å². The van der Waals surface area contributed by atoms with E-state index >= 15 is 0 Å². The molecule has 1 aromatic rings. The van der Waals surface area contributed by atoms with Gasteiger partial charge in [0.1, 0.15) is 0 Å². The van der Waals surface area contributed by atoms with Crippen molar-refractivity contribution in [3.63, 3.8) is 0 Å². The lowest BCUT2D eigenvalue weighted by molar-refractivity contribution is -0.120. The van der Waals surface area contributed by atoms with Crippen molar-refractivity contribution in [2.45, 2.75) is 76.7 Å². The minimum Gasteiger partial charge on any atom is -0.385 e. The molecule has 164 valence electrons. The monoisotopic (exact) mass is 412 g/mol. The molecule has 0 unspecified atom stereocenters. The number of amides is 3. The van der Waals surface area contributed by atoms with E-state index in [9.17, 15) is 9.59 Å². The summed E-state index contributed by atoms with van der Waals surface area (Å²) in [5.41, 5.74) is 2.68. The molecule has 1 heterocycles. The summed E-state index contributed by atoms with van der Waals surface area (Å²) in [4.78, 5) is 24.8. The molecule has 1 spiro atoms. The van der Waals surface area contributed by atoms with E-state index in [2.05, 4.69) is 16.0 Å². The van der Waals surface area contributed by atoms with Gasteiger partial charge in [-0.25, -0.2) is 4.79 Å². The Balaban J connectivity index is 1.01. The second-order valence-corrected chi connectivity index (χ2v) is 9.41. The van der Waals surface area contributed by atoms with Crippen LogP contribution in [-0.2, 0) is 4.79 Å². The van der Waals surface area contributed by atoms with Crippen molar-refractivity contribution in [1.29, 1.82) is 0 Å².